The Morgan fingerprint density at radius 1 is 0.935 bits per heavy atom. The molecule has 31 heavy (non-hydrogen) atoms. The lowest BCUT2D eigenvalue weighted by atomic mass is 10.2. The molecule has 3 aromatic rings. The standard InChI is InChI=1S/C22H20F2N2O4S/c1-2-20(30-21-6-4-3-5-19(21)24)22(27)25-16-11-13-18(14-12-16)31(28,29)26-17-9-7-15(23)8-10-17/h3-14,20,26H,2H2,1H3,(H,25,27)/t20-/m0/s1. The number of anilines is 2. The minimum atomic E-state index is -3.89. The van der Waals surface area contributed by atoms with Gasteiger partial charge in [-0.3, -0.25) is 9.52 Å². The molecule has 0 heterocycles. The van der Waals surface area contributed by atoms with Crippen molar-refractivity contribution in [3.05, 3.63) is 84.4 Å². The van der Waals surface area contributed by atoms with Gasteiger partial charge < -0.3 is 10.1 Å². The van der Waals surface area contributed by atoms with Gasteiger partial charge in [0.25, 0.3) is 15.9 Å². The Morgan fingerprint density at radius 2 is 1.55 bits per heavy atom. The Bertz CT molecular complexity index is 1150. The van der Waals surface area contributed by atoms with Crippen molar-refractivity contribution in [3.63, 3.8) is 0 Å². The highest BCUT2D eigenvalue weighted by atomic mass is 32.2. The molecule has 0 aliphatic carbocycles. The number of sulfonamides is 1. The zero-order chi connectivity index (χ0) is 22.4. The smallest absolute Gasteiger partial charge is 0.265 e. The maximum absolute atomic E-state index is 13.8. The average molecular weight is 446 g/mol. The number of carbonyl (C=O) groups excluding carboxylic acids is 1. The molecule has 0 aliphatic rings. The Labute approximate surface area is 178 Å². The summed E-state index contributed by atoms with van der Waals surface area (Å²) in [5.74, 6) is -1.58. The molecule has 2 N–H and O–H groups in total. The molecule has 0 saturated heterocycles. The van der Waals surface area contributed by atoms with Crippen LogP contribution in [0.1, 0.15) is 13.3 Å². The first kappa shape index (κ1) is 22.2. The normalized spacial score (nSPS) is 12.1. The lowest BCUT2D eigenvalue weighted by molar-refractivity contribution is -0.122. The summed E-state index contributed by atoms with van der Waals surface area (Å²) in [5, 5.41) is 2.62. The maximum Gasteiger partial charge on any atom is 0.265 e. The van der Waals surface area contributed by atoms with Crippen LogP contribution in [0.3, 0.4) is 0 Å². The van der Waals surface area contributed by atoms with Gasteiger partial charge in [0, 0.05) is 11.4 Å². The summed E-state index contributed by atoms with van der Waals surface area (Å²) in [6.07, 6.45) is -0.630. The predicted molar refractivity (Wildman–Crippen MR) is 113 cm³/mol. The minimum Gasteiger partial charge on any atom is -0.478 e. The van der Waals surface area contributed by atoms with E-state index in [1.54, 1.807) is 13.0 Å². The number of nitrogens with one attached hydrogen (secondary N) is 2. The molecule has 0 radical (unpaired) electrons. The van der Waals surface area contributed by atoms with Crippen LogP contribution < -0.4 is 14.8 Å². The summed E-state index contributed by atoms with van der Waals surface area (Å²) in [6.45, 7) is 1.72. The van der Waals surface area contributed by atoms with E-state index in [0.717, 1.165) is 12.1 Å². The number of para-hydroxylation sites is 1. The Hall–Kier alpha value is -3.46. The molecule has 0 aromatic heterocycles. The first-order valence-electron chi connectivity index (χ1n) is 9.39. The molecule has 162 valence electrons. The third-order valence-corrected chi connectivity index (χ3v) is 5.69. The Balaban J connectivity index is 1.67. The summed E-state index contributed by atoms with van der Waals surface area (Å²) >= 11 is 0. The summed E-state index contributed by atoms with van der Waals surface area (Å²) in [5.41, 5.74) is 0.566. The number of benzene rings is 3. The summed E-state index contributed by atoms with van der Waals surface area (Å²) in [4.78, 5) is 12.5. The molecule has 6 nitrogen and oxygen atoms in total. The lowest BCUT2D eigenvalue weighted by Crippen LogP contribution is -2.32. The van der Waals surface area contributed by atoms with Gasteiger partial charge in [0.1, 0.15) is 5.82 Å². The fourth-order valence-electron chi connectivity index (χ4n) is 2.69. The monoisotopic (exact) mass is 446 g/mol. The van der Waals surface area contributed by atoms with Crippen molar-refractivity contribution in [2.45, 2.75) is 24.3 Å². The fraction of sp³-hybridized carbons (Fsp3) is 0.136. The number of amides is 1. The number of hydrogen-bond acceptors (Lipinski definition) is 4. The summed E-state index contributed by atoms with van der Waals surface area (Å²) in [6, 6.07) is 16.2. The molecule has 1 amide bonds. The van der Waals surface area contributed by atoms with Gasteiger partial charge in [-0.15, -0.1) is 0 Å². The van der Waals surface area contributed by atoms with E-state index >= 15 is 0 Å². The van der Waals surface area contributed by atoms with E-state index in [2.05, 4.69) is 10.0 Å². The van der Waals surface area contributed by atoms with Crippen molar-refractivity contribution in [3.8, 4) is 5.75 Å². The van der Waals surface area contributed by atoms with Crippen molar-refractivity contribution in [1.29, 1.82) is 0 Å². The van der Waals surface area contributed by atoms with Crippen LogP contribution >= 0.6 is 0 Å². The van der Waals surface area contributed by atoms with E-state index in [1.165, 1.54) is 54.6 Å². The predicted octanol–water partition coefficient (Wildman–Crippen LogP) is 4.56. The van der Waals surface area contributed by atoms with Crippen LogP contribution in [-0.4, -0.2) is 20.4 Å². The molecule has 9 heteroatoms. The highest BCUT2D eigenvalue weighted by Gasteiger charge is 2.20. The van der Waals surface area contributed by atoms with Gasteiger partial charge in [0.2, 0.25) is 0 Å². The van der Waals surface area contributed by atoms with Gasteiger partial charge in [0.15, 0.2) is 17.7 Å². The maximum atomic E-state index is 13.8. The van der Waals surface area contributed by atoms with E-state index in [9.17, 15) is 22.0 Å². The van der Waals surface area contributed by atoms with Crippen LogP contribution in [0, 0.1) is 11.6 Å². The molecular weight excluding hydrogens is 426 g/mol. The van der Waals surface area contributed by atoms with E-state index < -0.39 is 33.7 Å². The molecule has 1 atom stereocenters. The van der Waals surface area contributed by atoms with Gasteiger partial charge in [0.05, 0.1) is 4.90 Å². The first-order valence-corrected chi connectivity index (χ1v) is 10.9. The van der Waals surface area contributed by atoms with Crippen molar-refractivity contribution in [1.82, 2.24) is 0 Å². The Kier molecular flexibility index (Phi) is 6.86. The summed E-state index contributed by atoms with van der Waals surface area (Å²) < 4.78 is 59.5. The van der Waals surface area contributed by atoms with Gasteiger partial charge in [-0.05, 0) is 67.1 Å². The number of ether oxygens (including phenoxy) is 1. The molecule has 0 bridgehead atoms. The topological polar surface area (TPSA) is 84.5 Å². The first-order chi connectivity index (χ1) is 14.8. The molecule has 0 saturated carbocycles. The van der Waals surface area contributed by atoms with Gasteiger partial charge in [-0.25, -0.2) is 17.2 Å². The van der Waals surface area contributed by atoms with E-state index in [-0.39, 0.29) is 16.3 Å². The summed E-state index contributed by atoms with van der Waals surface area (Å²) in [7, 11) is -3.89. The number of rotatable bonds is 8. The van der Waals surface area contributed by atoms with E-state index in [4.69, 9.17) is 4.74 Å². The van der Waals surface area contributed by atoms with Crippen LogP contribution in [0.25, 0.3) is 0 Å². The molecule has 0 aliphatic heterocycles. The molecule has 0 unspecified atom stereocenters. The van der Waals surface area contributed by atoms with E-state index in [0.29, 0.717) is 12.1 Å². The molecule has 3 rings (SSSR count). The van der Waals surface area contributed by atoms with Gasteiger partial charge >= 0.3 is 0 Å². The SMILES string of the molecule is CC[C@H](Oc1ccccc1F)C(=O)Nc1ccc(S(=O)(=O)Nc2ccc(F)cc2)cc1. The zero-order valence-corrected chi connectivity index (χ0v) is 17.3. The molecule has 0 spiro atoms. The highest BCUT2D eigenvalue weighted by molar-refractivity contribution is 7.92. The van der Waals surface area contributed by atoms with Gasteiger partial charge in [-0.2, -0.15) is 0 Å². The molecule has 3 aromatic carbocycles. The molecule has 0 fully saturated rings. The van der Waals surface area contributed by atoms with Crippen LogP contribution in [0.2, 0.25) is 0 Å². The third kappa shape index (κ3) is 5.79. The van der Waals surface area contributed by atoms with Crippen molar-refractivity contribution in [2.24, 2.45) is 0 Å². The van der Waals surface area contributed by atoms with Gasteiger partial charge in [-0.1, -0.05) is 19.1 Å². The fourth-order valence-corrected chi connectivity index (χ4v) is 3.75. The van der Waals surface area contributed by atoms with Crippen LogP contribution in [0.5, 0.6) is 5.75 Å². The highest BCUT2D eigenvalue weighted by Crippen LogP contribution is 2.21. The second kappa shape index (κ2) is 9.57. The van der Waals surface area contributed by atoms with Crippen LogP contribution in [0.15, 0.2) is 77.7 Å². The van der Waals surface area contributed by atoms with Crippen LogP contribution in [0.4, 0.5) is 20.2 Å². The van der Waals surface area contributed by atoms with Crippen molar-refractivity contribution < 1.29 is 26.7 Å². The Morgan fingerprint density at radius 3 is 2.16 bits per heavy atom. The number of hydrogen-bond donors (Lipinski definition) is 2. The minimum absolute atomic E-state index is 0.0298. The third-order valence-electron chi connectivity index (χ3n) is 4.30. The average Bonchev–Trinajstić information content (AvgIpc) is 2.75. The lowest BCUT2D eigenvalue weighted by Gasteiger charge is -2.17. The number of halogens is 2. The van der Waals surface area contributed by atoms with Crippen LogP contribution in [-0.2, 0) is 14.8 Å². The number of carbonyl (C=O) groups is 1. The second-order valence-electron chi connectivity index (χ2n) is 6.57. The van der Waals surface area contributed by atoms with Crippen molar-refractivity contribution in [2.75, 3.05) is 10.0 Å². The quantitative estimate of drug-likeness (QED) is 0.531. The van der Waals surface area contributed by atoms with E-state index in [1.807, 2.05) is 0 Å². The second-order valence-corrected chi connectivity index (χ2v) is 8.25. The molecular formula is C22H20F2N2O4S. The van der Waals surface area contributed by atoms with Crippen molar-refractivity contribution >= 4 is 27.3 Å². The largest absolute Gasteiger partial charge is 0.478 e. The zero-order valence-electron chi connectivity index (χ0n) is 16.5.